The highest BCUT2D eigenvalue weighted by Gasteiger charge is 2.16. The quantitative estimate of drug-likeness (QED) is 0.756. The molecule has 6 nitrogen and oxygen atoms in total. The van der Waals surface area contributed by atoms with E-state index in [9.17, 15) is 4.79 Å². The second-order valence-electron chi connectivity index (χ2n) is 5.47. The summed E-state index contributed by atoms with van der Waals surface area (Å²) in [5.74, 6) is -0.00995. The van der Waals surface area contributed by atoms with Crippen LogP contribution in [0.5, 0.6) is 0 Å². The second kappa shape index (κ2) is 8.98. The van der Waals surface area contributed by atoms with E-state index in [1.807, 2.05) is 36.6 Å². The van der Waals surface area contributed by atoms with Crippen LogP contribution in [0.4, 0.5) is 16.5 Å². The van der Waals surface area contributed by atoms with E-state index in [2.05, 4.69) is 20.9 Å². The van der Waals surface area contributed by atoms with Crippen LogP contribution in [0.1, 0.15) is 12.1 Å². The molecule has 2 heterocycles. The van der Waals surface area contributed by atoms with Crippen LogP contribution in [0.25, 0.3) is 0 Å². The van der Waals surface area contributed by atoms with Gasteiger partial charge in [0.05, 0.1) is 18.9 Å². The van der Waals surface area contributed by atoms with Crippen LogP contribution in [0.15, 0.2) is 29.6 Å². The van der Waals surface area contributed by atoms with Crippen molar-refractivity contribution in [3.8, 4) is 0 Å². The van der Waals surface area contributed by atoms with Gasteiger partial charge in [0.15, 0.2) is 5.13 Å². The largest absolute Gasteiger partial charge is 0.378 e. The Balaban J connectivity index is 0.00000208. The zero-order valence-electron chi connectivity index (χ0n) is 13.4. The zero-order chi connectivity index (χ0) is 16.1. The summed E-state index contributed by atoms with van der Waals surface area (Å²) in [4.78, 5) is 16.4. The maximum Gasteiger partial charge on any atom is 0.226 e. The zero-order valence-corrected chi connectivity index (χ0v) is 15.0. The van der Waals surface area contributed by atoms with E-state index in [-0.39, 0.29) is 24.4 Å². The lowest BCUT2D eigenvalue weighted by Crippen LogP contribution is -2.43. The van der Waals surface area contributed by atoms with E-state index < -0.39 is 0 Å². The number of anilines is 3. The Morgan fingerprint density at radius 2 is 2.12 bits per heavy atom. The minimum absolute atomic E-state index is 0. The predicted octanol–water partition coefficient (Wildman–Crippen LogP) is 2.93. The first kappa shape index (κ1) is 18.7. The van der Waals surface area contributed by atoms with Gasteiger partial charge in [0.2, 0.25) is 5.91 Å². The first-order valence-corrected chi connectivity index (χ1v) is 8.47. The lowest BCUT2D eigenvalue weighted by Gasteiger charge is -2.23. The van der Waals surface area contributed by atoms with Crippen molar-refractivity contribution in [2.45, 2.75) is 19.4 Å². The van der Waals surface area contributed by atoms with Crippen LogP contribution in [0.2, 0.25) is 0 Å². The van der Waals surface area contributed by atoms with Crippen molar-refractivity contribution in [1.29, 1.82) is 0 Å². The minimum Gasteiger partial charge on any atom is -0.378 e. The number of morpholine rings is 1. The summed E-state index contributed by atoms with van der Waals surface area (Å²) in [5.41, 5.74) is 2.73. The first-order chi connectivity index (χ1) is 11.2. The number of carbonyl (C=O) groups excluding carboxylic acids is 1. The van der Waals surface area contributed by atoms with Crippen LogP contribution in [-0.2, 0) is 9.53 Å². The van der Waals surface area contributed by atoms with E-state index in [1.165, 1.54) is 0 Å². The van der Waals surface area contributed by atoms with Gasteiger partial charge in [-0.15, -0.1) is 23.7 Å². The molecule has 2 aromatic rings. The molecular weight excluding hydrogens is 348 g/mol. The maximum atomic E-state index is 12.0. The average molecular weight is 369 g/mol. The third-order valence-corrected chi connectivity index (χ3v) is 4.34. The normalized spacial score (nSPS) is 17.0. The Hall–Kier alpha value is -1.67. The number of aryl methyl sites for hydroxylation is 1. The highest BCUT2D eigenvalue weighted by molar-refractivity contribution is 7.13. The van der Waals surface area contributed by atoms with Crippen LogP contribution in [-0.4, -0.2) is 36.7 Å². The molecule has 1 aromatic carbocycles. The smallest absolute Gasteiger partial charge is 0.226 e. The molecule has 0 saturated carbocycles. The topological polar surface area (TPSA) is 75.3 Å². The molecule has 24 heavy (non-hydrogen) atoms. The van der Waals surface area contributed by atoms with Crippen molar-refractivity contribution in [2.75, 3.05) is 30.4 Å². The number of carbonyl (C=O) groups is 1. The van der Waals surface area contributed by atoms with Gasteiger partial charge in [-0.2, -0.15) is 0 Å². The van der Waals surface area contributed by atoms with Gasteiger partial charge in [-0.25, -0.2) is 4.98 Å². The van der Waals surface area contributed by atoms with Crippen molar-refractivity contribution >= 4 is 46.2 Å². The van der Waals surface area contributed by atoms with Gasteiger partial charge in [0.1, 0.15) is 0 Å². The number of nitrogens with zero attached hydrogens (tertiary/aromatic N) is 1. The molecule has 0 bridgehead atoms. The fourth-order valence-electron chi connectivity index (χ4n) is 2.36. The van der Waals surface area contributed by atoms with Gasteiger partial charge < -0.3 is 20.7 Å². The highest BCUT2D eigenvalue weighted by Crippen LogP contribution is 2.22. The predicted molar refractivity (Wildman–Crippen MR) is 99.7 cm³/mol. The molecule has 1 fully saturated rings. The molecule has 8 heteroatoms. The van der Waals surface area contributed by atoms with Crippen molar-refractivity contribution in [2.24, 2.45) is 0 Å². The summed E-state index contributed by atoms with van der Waals surface area (Å²) in [6.45, 7) is 4.07. The molecule has 1 amide bonds. The number of hydrogen-bond acceptors (Lipinski definition) is 6. The molecule has 1 atom stereocenters. The molecule has 1 saturated heterocycles. The number of ether oxygens (including phenoxy) is 1. The Kier molecular flexibility index (Phi) is 6.99. The van der Waals surface area contributed by atoms with Gasteiger partial charge in [-0.3, -0.25) is 4.79 Å². The third-order valence-electron chi connectivity index (χ3n) is 3.47. The number of benzene rings is 1. The molecule has 0 aliphatic carbocycles. The molecule has 1 aliphatic heterocycles. The molecule has 1 unspecified atom stereocenters. The van der Waals surface area contributed by atoms with Crippen molar-refractivity contribution < 1.29 is 9.53 Å². The number of thiazole rings is 1. The van der Waals surface area contributed by atoms with Gasteiger partial charge in [-0.1, -0.05) is 0 Å². The van der Waals surface area contributed by atoms with Gasteiger partial charge in [0.25, 0.3) is 0 Å². The molecular formula is C16H21ClN4O2S. The molecule has 130 valence electrons. The van der Waals surface area contributed by atoms with Gasteiger partial charge in [-0.05, 0) is 31.2 Å². The van der Waals surface area contributed by atoms with E-state index in [4.69, 9.17) is 4.74 Å². The fourth-order valence-corrected chi connectivity index (χ4v) is 3.07. The Bertz CT molecular complexity index is 656. The SMILES string of the molecule is Cc1csc(Nc2ccc(NC(=O)CC3COCCN3)cc2)n1.Cl. The monoisotopic (exact) mass is 368 g/mol. The van der Waals surface area contributed by atoms with Crippen LogP contribution in [0, 0.1) is 6.92 Å². The molecule has 3 N–H and O–H groups in total. The molecule has 1 aromatic heterocycles. The van der Waals surface area contributed by atoms with Crippen molar-refractivity contribution in [3.05, 3.63) is 35.3 Å². The number of aromatic nitrogens is 1. The summed E-state index contributed by atoms with van der Waals surface area (Å²) < 4.78 is 5.35. The Morgan fingerprint density at radius 3 is 2.75 bits per heavy atom. The van der Waals surface area contributed by atoms with Crippen LogP contribution < -0.4 is 16.0 Å². The Labute approximate surface area is 151 Å². The summed E-state index contributed by atoms with van der Waals surface area (Å²) in [7, 11) is 0. The standard InChI is InChI=1S/C16H20N4O2S.ClH/c1-11-10-23-16(18-11)20-13-4-2-12(3-5-13)19-15(21)8-14-9-22-7-6-17-14;/h2-5,10,14,17H,6-9H2,1H3,(H,18,20)(H,19,21);1H. The highest BCUT2D eigenvalue weighted by atomic mass is 35.5. The molecule has 3 rings (SSSR count). The number of hydrogen-bond donors (Lipinski definition) is 3. The van der Waals surface area contributed by atoms with E-state index in [1.54, 1.807) is 11.3 Å². The first-order valence-electron chi connectivity index (χ1n) is 7.59. The number of rotatable bonds is 5. The van der Waals surface area contributed by atoms with Crippen molar-refractivity contribution in [1.82, 2.24) is 10.3 Å². The molecule has 0 radical (unpaired) electrons. The lowest BCUT2D eigenvalue weighted by molar-refractivity contribution is -0.117. The summed E-state index contributed by atoms with van der Waals surface area (Å²) >= 11 is 1.57. The second-order valence-corrected chi connectivity index (χ2v) is 6.33. The van der Waals surface area contributed by atoms with E-state index in [0.29, 0.717) is 19.6 Å². The summed E-state index contributed by atoms with van der Waals surface area (Å²) in [5, 5.41) is 12.3. The third kappa shape index (κ3) is 5.45. The lowest BCUT2D eigenvalue weighted by atomic mass is 10.2. The van der Waals surface area contributed by atoms with Crippen LogP contribution >= 0.6 is 23.7 Å². The molecule has 0 spiro atoms. The van der Waals surface area contributed by atoms with Crippen molar-refractivity contribution in [3.63, 3.8) is 0 Å². The van der Waals surface area contributed by atoms with Gasteiger partial charge in [0, 0.05) is 35.8 Å². The van der Waals surface area contributed by atoms with E-state index >= 15 is 0 Å². The van der Waals surface area contributed by atoms with Gasteiger partial charge >= 0.3 is 0 Å². The number of nitrogens with one attached hydrogen (secondary N) is 3. The number of halogens is 1. The summed E-state index contributed by atoms with van der Waals surface area (Å²) in [6.07, 6.45) is 0.415. The number of amides is 1. The molecule has 1 aliphatic rings. The fraction of sp³-hybridized carbons (Fsp3) is 0.375. The average Bonchev–Trinajstić information content (AvgIpc) is 2.95. The van der Waals surface area contributed by atoms with E-state index in [0.717, 1.165) is 28.7 Å². The minimum atomic E-state index is -0.00995. The maximum absolute atomic E-state index is 12.0. The summed E-state index contributed by atoms with van der Waals surface area (Å²) in [6, 6.07) is 7.71. The van der Waals surface area contributed by atoms with Crippen LogP contribution in [0.3, 0.4) is 0 Å². The Morgan fingerprint density at radius 1 is 1.38 bits per heavy atom.